The fraction of sp³-hybridized carbons (Fsp3) is 0.867. The first-order chi connectivity index (χ1) is 10.5. The van der Waals surface area contributed by atoms with Crippen molar-refractivity contribution in [3.63, 3.8) is 0 Å². The van der Waals surface area contributed by atoms with Crippen LogP contribution >= 0.6 is 0 Å². The summed E-state index contributed by atoms with van der Waals surface area (Å²) in [6.45, 7) is 12.2. The smallest absolute Gasteiger partial charge is 0.412 e. The molecule has 0 aromatic heterocycles. The van der Waals surface area contributed by atoms with Crippen molar-refractivity contribution in [2.75, 3.05) is 13.7 Å². The zero-order valence-electron chi connectivity index (χ0n) is 15.1. The Hall–Kier alpha value is -1.12. The Morgan fingerprint density at radius 3 is 2.30 bits per heavy atom. The molecule has 0 bridgehead atoms. The Kier molecular flexibility index (Phi) is 6.23. The minimum absolute atomic E-state index is 0.0508. The van der Waals surface area contributed by atoms with E-state index in [0.29, 0.717) is 0 Å². The van der Waals surface area contributed by atoms with Gasteiger partial charge < -0.3 is 19.0 Å². The van der Waals surface area contributed by atoms with Gasteiger partial charge in [0.2, 0.25) is 0 Å². The van der Waals surface area contributed by atoms with E-state index in [0.717, 1.165) is 4.90 Å². The lowest BCUT2D eigenvalue weighted by molar-refractivity contribution is -0.147. The third-order valence-corrected chi connectivity index (χ3v) is 9.12. The number of aliphatic hydroxyl groups is 1. The highest BCUT2D eigenvalue weighted by Gasteiger charge is 2.51. The molecule has 1 rings (SSSR count). The molecule has 0 aliphatic carbocycles. The van der Waals surface area contributed by atoms with Crippen LogP contribution in [-0.4, -0.2) is 62.5 Å². The molecule has 134 valence electrons. The number of amides is 1. The average Bonchev–Trinajstić information content (AvgIpc) is 2.73. The van der Waals surface area contributed by atoms with Crippen LogP contribution in [0.1, 0.15) is 34.1 Å². The molecule has 0 unspecified atom stereocenters. The second-order valence-electron chi connectivity index (χ2n) is 7.21. The highest BCUT2D eigenvalue weighted by Crippen LogP contribution is 2.40. The van der Waals surface area contributed by atoms with E-state index in [1.54, 1.807) is 6.92 Å². The van der Waals surface area contributed by atoms with Gasteiger partial charge in [-0.2, -0.15) is 0 Å². The predicted molar refractivity (Wildman–Crippen MR) is 87.4 cm³/mol. The van der Waals surface area contributed by atoms with Gasteiger partial charge in [0.15, 0.2) is 14.5 Å². The second-order valence-corrected chi connectivity index (χ2v) is 12.0. The average molecular weight is 347 g/mol. The van der Waals surface area contributed by atoms with E-state index in [1.807, 2.05) is 0 Å². The topological polar surface area (TPSA) is 85.3 Å². The number of carbonyl (C=O) groups excluding carboxylic acids is 2. The van der Waals surface area contributed by atoms with Crippen LogP contribution in [0.4, 0.5) is 4.79 Å². The summed E-state index contributed by atoms with van der Waals surface area (Å²) in [7, 11) is -0.910. The Labute approximate surface area is 139 Å². The number of ether oxygens (including phenoxy) is 2. The van der Waals surface area contributed by atoms with E-state index < -0.39 is 38.8 Å². The molecule has 7 nitrogen and oxygen atoms in total. The maximum absolute atomic E-state index is 12.1. The van der Waals surface area contributed by atoms with Gasteiger partial charge in [0.05, 0.1) is 19.8 Å². The number of hydrogen-bond donors (Lipinski definition) is 1. The lowest BCUT2D eigenvalue weighted by Crippen LogP contribution is -2.49. The van der Waals surface area contributed by atoms with Crippen molar-refractivity contribution in [3.05, 3.63) is 0 Å². The normalized spacial score (nSPS) is 25.4. The van der Waals surface area contributed by atoms with Gasteiger partial charge in [-0.3, -0.25) is 4.90 Å². The third kappa shape index (κ3) is 4.24. The summed E-state index contributed by atoms with van der Waals surface area (Å²) in [6, 6.07) is -0.899. The molecule has 1 aliphatic rings. The Balaban J connectivity index is 3.01. The molecule has 1 fully saturated rings. The summed E-state index contributed by atoms with van der Waals surface area (Å²) in [5.74, 6) is -0.585. The molecule has 0 saturated carbocycles. The number of likely N-dealkylation sites (tertiary alicyclic amines) is 1. The number of methoxy groups -OCH3 is 1. The summed E-state index contributed by atoms with van der Waals surface area (Å²) in [5.41, 5.74) is 0. The Morgan fingerprint density at radius 2 is 1.87 bits per heavy atom. The lowest BCUT2D eigenvalue weighted by atomic mass is 10.2. The third-order valence-electron chi connectivity index (χ3n) is 4.61. The molecule has 0 radical (unpaired) electrons. The van der Waals surface area contributed by atoms with Crippen LogP contribution in [-0.2, 0) is 18.7 Å². The highest BCUT2D eigenvalue weighted by atomic mass is 28.4. The van der Waals surface area contributed by atoms with Gasteiger partial charge in [0, 0.05) is 6.42 Å². The monoisotopic (exact) mass is 347 g/mol. The van der Waals surface area contributed by atoms with E-state index >= 15 is 0 Å². The first kappa shape index (κ1) is 19.9. The zero-order chi connectivity index (χ0) is 18.0. The molecular formula is C15H29NO6Si. The molecule has 0 spiro atoms. The summed E-state index contributed by atoms with van der Waals surface area (Å²) < 4.78 is 15.9. The molecule has 8 heteroatoms. The summed E-state index contributed by atoms with van der Waals surface area (Å²) in [5, 5.41) is 10.5. The van der Waals surface area contributed by atoms with E-state index in [1.165, 1.54) is 7.11 Å². The van der Waals surface area contributed by atoms with Gasteiger partial charge in [0.1, 0.15) is 6.04 Å². The molecular weight excluding hydrogens is 318 g/mol. The molecule has 23 heavy (non-hydrogen) atoms. The maximum Gasteiger partial charge on any atom is 0.412 e. The van der Waals surface area contributed by atoms with Gasteiger partial charge in [0.25, 0.3) is 0 Å². The zero-order valence-corrected chi connectivity index (χ0v) is 16.1. The highest BCUT2D eigenvalue weighted by molar-refractivity contribution is 6.74. The molecule has 1 amide bonds. The van der Waals surface area contributed by atoms with Crippen molar-refractivity contribution in [1.29, 1.82) is 0 Å². The van der Waals surface area contributed by atoms with Gasteiger partial charge >= 0.3 is 12.1 Å². The fourth-order valence-electron chi connectivity index (χ4n) is 2.26. The standard InChI is InChI=1S/C15H29NO6Si/c1-8-21-14(19)16-10(13(18)20-5)9-11(12(16)17)22-23(6,7)15(2,3)4/h10-12,17H,8-9H2,1-7H3/t10-,11+,12+/m0/s1. The van der Waals surface area contributed by atoms with Gasteiger partial charge in [-0.25, -0.2) is 9.59 Å². The first-order valence-corrected chi connectivity index (χ1v) is 10.8. The van der Waals surface area contributed by atoms with E-state index in [-0.39, 0.29) is 18.1 Å². The lowest BCUT2D eigenvalue weighted by Gasteiger charge is -2.39. The van der Waals surface area contributed by atoms with Gasteiger partial charge in [-0.05, 0) is 25.1 Å². The summed E-state index contributed by atoms with van der Waals surface area (Å²) >= 11 is 0. The van der Waals surface area contributed by atoms with Crippen LogP contribution in [0.3, 0.4) is 0 Å². The van der Waals surface area contributed by atoms with Gasteiger partial charge in [-0.15, -0.1) is 0 Å². The van der Waals surface area contributed by atoms with E-state index in [2.05, 4.69) is 33.9 Å². The molecule has 1 N–H and O–H groups in total. The van der Waals surface area contributed by atoms with Crippen molar-refractivity contribution in [3.8, 4) is 0 Å². The molecule has 0 aromatic rings. The predicted octanol–water partition coefficient (Wildman–Crippen LogP) is 2.10. The minimum Gasteiger partial charge on any atom is -0.467 e. The van der Waals surface area contributed by atoms with Crippen LogP contribution in [0.5, 0.6) is 0 Å². The van der Waals surface area contributed by atoms with Crippen molar-refractivity contribution in [1.82, 2.24) is 4.90 Å². The van der Waals surface area contributed by atoms with Crippen LogP contribution in [0.25, 0.3) is 0 Å². The van der Waals surface area contributed by atoms with E-state index in [9.17, 15) is 14.7 Å². The van der Waals surface area contributed by atoms with Crippen LogP contribution in [0, 0.1) is 0 Å². The molecule has 1 saturated heterocycles. The van der Waals surface area contributed by atoms with Gasteiger partial charge in [-0.1, -0.05) is 20.8 Å². The number of rotatable bonds is 4. The van der Waals surface area contributed by atoms with E-state index in [4.69, 9.17) is 13.9 Å². The van der Waals surface area contributed by atoms with Crippen molar-refractivity contribution in [2.45, 2.75) is 70.6 Å². The fourth-order valence-corrected chi connectivity index (χ4v) is 3.59. The number of esters is 1. The number of aliphatic hydroxyl groups excluding tert-OH is 1. The van der Waals surface area contributed by atoms with Crippen LogP contribution < -0.4 is 0 Å². The first-order valence-electron chi connectivity index (χ1n) is 7.85. The minimum atomic E-state index is -2.16. The molecule has 1 aliphatic heterocycles. The number of hydrogen-bond acceptors (Lipinski definition) is 6. The van der Waals surface area contributed by atoms with Crippen molar-refractivity contribution in [2.24, 2.45) is 0 Å². The maximum atomic E-state index is 12.1. The second kappa shape index (κ2) is 7.19. The van der Waals surface area contributed by atoms with Crippen LogP contribution in [0.2, 0.25) is 18.1 Å². The molecule has 0 aromatic carbocycles. The Bertz CT molecular complexity index is 448. The number of carbonyl (C=O) groups is 2. The van der Waals surface area contributed by atoms with Crippen molar-refractivity contribution >= 4 is 20.4 Å². The molecule has 1 heterocycles. The quantitative estimate of drug-likeness (QED) is 0.619. The summed E-state index contributed by atoms with van der Waals surface area (Å²) in [6.07, 6.45) is -2.41. The number of nitrogens with zero attached hydrogens (tertiary/aromatic N) is 1. The largest absolute Gasteiger partial charge is 0.467 e. The SMILES string of the molecule is CCOC(=O)N1[C@H](O)[C@H](O[Si](C)(C)C(C)(C)C)C[C@H]1C(=O)OC. The summed E-state index contributed by atoms with van der Waals surface area (Å²) in [4.78, 5) is 25.1. The van der Waals surface area contributed by atoms with Crippen LogP contribution in [0.15, 0.2) is 0 Å². The molecule has 3 atom stereocenters. The van der Waals surface area contributed by atoms with Crippen molar-refractivity contribution < 1.29 is 28.6 Å². The Morgan fingerprint density at radius 1 is 1.30 bits per heavy atom.